The van der Waals surface area contributed by atoms with Crippen LogP contribution in [-0.2, 0) is 11.2 Å². The minimum absolute atomic E-state index is 0.105. The zero-order chi connectivity index (χ0) is 18.5. The van der Waals surface area contributed by atoms with E-state index < -0.39 is 0 Å². The molecule has 3 aromatic rings. The summed E-state index contributed by atoms with van der Waals surface area (Å²) in [6, 6.07) is 10.4. The van der Waals surface area contributed by atoms with Gasteiger partial charge in [0.2, 0.25) is 11.8 Å². The highest BCUT2D eigenvalue weighted by Gasteiger charge is 2.15. The Bertz CT molecular complexity index is 918. The van der Waals surface area contributed by atoms with Crippen LogP contribution < -0.4 is 16.0 Å². The summed E-state index contributed by atoms with van der Waals surface area (Å²) in [6.07, 6.45) is 0.105. The molecule has 0 saturated carbocycles. The van der Waals surface area contributed by atoms with Crippen molar-refractivity contribution >= 4 is 34.6 Å². The summed E-state index contributed by atoms with van der Waals surface area (Å²) in [5.41, 5.74) is 1.77. The molecule has 0 aliphatic rings. The van der Waals surface area contributed by atoms with E-state index in [0.717, 1.165) is 4.88 Å². The summed E-state index contributed by atoms with van der Waals surface area (Å²) in [5.74, 6) is 0.937. The monoisotopic (exact) mass is 370 g/mol. The molecule has 0 aliphatic heterocycles. The van der Waals surface area contributed by atoms with E-state index in [2.05, 4.69) is 20.9 Å². The first-order chi connectivity index (χ1) is 12.5. The molecule has 1 aromatic carbocycles. The van der Waals surface area contributed by atoms with Gasteiger partial charge in [0.05, 0.1) is 17.0 Å². The fourth-order valence-electron chi connectivity index (χ4n) is 2.32. The van der Waals surface area contributed by atoms with E-state index in [1.807, 2.05) is 17.5 Å². The first kappa shape index (κ1) is 17.7. The Morgan fingerprint density at radius 3 is 2.62 bits per heavy atom. The highest BCUT2D eigenvalue weighted by molar-refractivity contribution is 7.13. The molecule has 0 radical (unpaired) electrons. The number of aromatic nitrogens is 1. The molecule has 8 heteroatoms. The third kappa shape index (κ3) is 4.28. The molecule has 2 heterocycles. The third-order valence-corrected chi connectivity index (χ3v) is 4.44. The van der Waals surface area contributed by atoms with Crippen LogP contribution >= 0.6 is 11.3 Å². The number of thiophene rings is 1. The van der Waals surface area contributed by atoms with Crippen molar-refractivity contribution < 1.29 is 14.0 Å². The van der Waals surface area contributed by atoms with Gasteiger partial charge in [0.1, 0.15) is 5.76 Å². The van der Waals surface area contributed by atoms with E-state index in [4.69, 9.17) is 4.42 Å². The molecule has 2 aromatic heterocycles. The molecule has 0 unspecified atom stereocenters. The number of anilines is 2. The molecule has 0 aliphatic carbocycles. The normalized spacial score (nSPS) is 10.4. The largest absolute Gasteiger partial charge is 0.440 e. The van der Waals surface area contributed by atoms with Gasteiger partial charge in [-0.1, -0.05) is 12.1 Å². The zero-order valence-corrected chi connectivity index (χ0v) is 15.1. The van der Waals surface area contributed by atoms with Crippen molar-refractivity contribution in [2.75, 3.05) is 17.7 Å². The van der Waals surface area contributed by atoms with E-state index in [1.54, 1.807) is 31.2 Å². The average molecular weight is 370 g/mol. The van der Waals surface area contributed by atoms with Gasteiger partial charge in [0.15, 0.2) is 0 Å². The Morgan fingerprint density at radius 2 is 1.92 bits per heavy atom. The second-order valence-electron chi connectivity index (χ2n) is 5.51. The maximum atomic E-state index is 12.3. The second-order valence-corrected chi connectivity index (χ2v) is 6.46. The molecule has 0 spiro atoms. The number of benzene rings is 1. The summed E-state index contributed by atoms with van der Waals surface area (Å²) in [7, 11) is 1.53. The minimum Gasteiger partial charge on any atom is -0.440 e. The molecule has 26 heavy (non-hydrogen) atoms. The third-order valence-electron chi connectivity index (χ3n) is 3.58. The molecular weight excluding hydrogens is 352 g/mol. The summed E-state index contributed by atoms with van der Waals surface area (Å²) in [4.78, 5) is 29.0. The molecule has 3 N–H and O–H groups in total. The van der Waals surface area contributed by atoms with Crippen LogP contribution in [0.2, 0.25) is 0 Å². The van der Waals surface area contributed by atoms with E-state index in [9.17, 15) is 9.59 Å². The van der Waals surface area contributed by atoms with Crippen molar-refractivity contribution in [1.29, 1.82) is 0 Å². The van der Waals surface area contributed by atoms with Gasteiger partial charge in [-0.15, -0.1) is 11.3 Å². The topological polar surface area (TPSA) is 96.3 Å². The number of carbonyl (C=O) groups is 2. The Morgan fingerprint density at radius 1 is 1.15 bits per heavy atom. The molecule has 0 fully saturated rings. The summed E-state index contributed by atoms with van der Waals surface area (Å²) in [6.45, 7) is 1.79. The Hall–Kier alpha value is -3.13. The zero-order valence-electron chi connectivity index (χ0n) is 14.3. The molecule has 0 bridgehead atoms. The van der Waals surface area contributed by atoms with Crippen LogP contribution in [-0.4, -0.2) is 24.0 Å². The van der Waals surface area contributed by atoms with Crippen LogP contribution in [0, 0.1) is 6.92 Å². The SMILES string of the molecule is CNC(=O)Nc1cccc(NC(=O)Cc2nc(-c3cccs3)oc2C)c1. The van der Waals surface area contributed by atoms with E-state index in [0.29, 0.717) is 28.7 Å². The minimum atomic E-state index is -0.326. The van der Waals surface area contributed by atoms with Crippen molar-refractivity contribution in [2.24, 2.45) is 0 Å². The van der Waals surface area contributed by atoms with Gasteiger partial charge in [-0.2, -0.15) is 0 Å². The lowest BCUT2D eigenvalue weighted by molar-refractivity contribution is -0.115. The molecular formula is C18H18N4O3S. The summed E-state index contributed by atoms with van der Waals surface area (Å²) < 4.78 is 5.65. The van der Waals surface area contributed by atoms with Gasteiger partial charge in [-0.25, -0.2) is 9.78 Å². The van der Waals surface area contributed by atoms with Crippen LogP contribution in [0.25, 0.3) is 10.8 Å². The number of nitrogens with one attached hydrogen (secondary N) is 3. The molecule has 0 atom stereocenters. The van der Waals surface area contributed by atoms with Gasteiger partial charge < -0.3 is 20.4 Å². The van der Waals surface area contributed by atoms with Gasteiger partial charge in [0.25, 0.3) is 0 Å². The summed E-state index contributed by atoms with van der Waals surface area (Å²) >= 11 is 1.53. The predicted molar refractivity (Wildman–Crippen MR) is 101 cm³/mol. The smallest absolute Gasteiger partial charge is 0.318 e. The number of rotatable bonds is 5. The number of oxazole rings is 1. The van der Waals surface area contributed by atoms with Gasteiger partial charge in [-0.3, -0.25) is 4.79 Å². The quantitative estimate of drug-likeness (QED) is 0.639. The fraction of sp³-hybridized carbons (Fsp3) is 0.167. The molecule has 7 nitrogen and oxygen atoms in total. The average Bonchev–Trinajstić information content (AvgIpc) is 3.25. The predicted octanol–water partition coefficient (Wildman–Crippen LogP) is 3.64. The van der Waals surface area contributed by atoms with Crippen LogP contribution in [0.1, 0.15) is 11.5 Å². The maximum Gasteiger partial charge on any atom is 0.318 e. The summed E-state index contributed by atoms with van der Waals surface area (Å²) in [5, 5.41) is 9.88. The van der Waals surface area contributed by atoms with Crippen molar-refractivity contribution in [2.45, 2.75) is 13.3 Å². The Balaban J connectivity index is 1.66. The lowest BCUT2D eigenvalue weighted by Crippen LogP contribution is -2.24. The number of aryl methyl sites for hydroxylation is 1. The van der Waals surface area contributed by atoms with E-state index in [1.165, 1.54) is 18.4 Å². The number of hydrogen-bond acceptors (Lipinski definition) is 5. The van der Waals surface area contributed by atoms with Crippen molar-refractivity contribution in [3.8, 4) is 10.8 Å². The highest BCUT2D eigenvalue weighted by atomic mass is 32.1. The van der Waals surface area contributed by atoms with E-state index >= 15 is 0 Å². The number of hydrogen-bond donors (Lipinski definition) is 3. The van der Waals surface area contributed by atoms with Crippen LogP contribution in [0.4, 0.5) is 16.2 Å². The van der Waals surface area contributed by atoms with Crippen molar-refractivity contribution in [3.05, 3.63) is 53.2 Å². The lowest BCUT2D eigenvalue weighted by Gasteiger charge is -2.08. The standard InChI is InChI=1S/C18H18N4O3S/c1-11-14(22-17(25-11)15-7-4-8-26-15)10-16(23)20-12-5-3-6-13(9-12)21-18(24)19-2/h3-9H,10H2,1-2H3,(H,20,23)(H2,19,21,24). The Labute approximate surface area is 154 Å². The number of amides is 3. The van der Waals surface area contributed by atoms with Gasteiger partial charge >= 0.3 is 6.03 Å². The van der Waals surface area contributed by atoms with E-state index in [-0.39, 0.29) is 18.4 Å². The number of carbonyl (C=O) groups excluding carboxylic acids is 2. The molecule has 3 amide bonds. The first-order valence-electron chi connectivity index (χ1n) is 7.94. The van der Waals surface area contributed by atoms with Gasteiger partial charge in [-0.05, 0) is 36.6 Å². The molecule has 3 rings (SSSR count). The van der Waals surface area contributed by atoms with Gasteiger partial charge in [0, 0.05) is 18.4 Å². The fourth-order valence-corrected chi connectivity index (χ4v) is 2.97. The lowest BCUT2D eigenvalue weighted by atomic mass is 10.2. The molecule has 0 saturated heterocycles. The highest BCUT2D eigenvalue weighted by Crippen LogP contribution is 2.26. The maximum absolute atomic E-state index is 12.3. The first-order valence-corrected chi connectivity index (χ1v) is 8.82. The van der Waals surface area contributed by atoms with Crippen molar-refractivity contribution in [1.82, 2.24) is 10.3 Å². The van der Waals surface area contributed by atoms with Crippen molar-refractivity contribution in [3.63, 3.8) is 0 Å². The van der Waals surface area contributed by atoms with Crippen LogP contribution in [0.5, 0.6) is 0 Å². The second kappa shape index (κ2) is 7.83. The Kier molecular flexibility index (Phi) is 5.33. The number of nitrogens with zero attached hydrogens (tertiary/aromatic N) is 1. The van der Waals surface area contributed by atoms with Crippen LogP contribution in [0.3, 0.4) is 0 Å². The van der Waals surface area contributed by atoms with Crippen LogP contribution in [0.15, 0.2) is 46.2 Å². The number of urea groups is 1. The molecule has 134 valence electrons.